The lowest BCUT2D eigenvalue weighted by atomic mass is 9.97. The highest BCUT2D eigenvalue weighted by atomic mass is 16.6. The van der Waals surface area contributed by atoms with E-state index in [1.165, 1.54) is 12.8 Å². The monoisotopic (exact) mass is 459 g/mol. The standard InChI is InChI=1S/C26H29N5O3/c1-16(2)33-26(32)30-19-8-6-18(7-9-19)24-23(27)21-11-10-20(34-25-28-12-3-13-29-25)14-22(21)31(24)15-17-4-5-17/h3,6-14,16-17,23-24H,4-5,15,27H2,1-2H3,(H,30,32). The number of nitrogens with zero attached hydrogens (tertiary/aromatic N) is 3. The average molecular weight is 460 g/mol. The van der Waals surface area contributed by atoms with Gasteiger partial charge in [0.2, 0.25) is 0 Å². The summed E-state index contributed by atoms with van der Waals surface area (Å²) in [6.45, 7) is 4.58. The lowest BCUT2D eigenvalue weighted by Crippen LogP contribution is -2.31. The van der Waals surface area contributed by atoms with Gasteiger partial charge < -0.3 is 20.1 Å². The molecule has 1 amide bonds. The topological polar surface area (TPSA) is 103 Å². The molecule has 5 rings (SSSR count). The van der Waals surface area contributed by atoms with Gasteiger partial charge in [-0.3, -0.25) is 5.32 Å². The Morgan fingerprint density at radius 2 is 1.88 bits per heavy atom. The second kappa shape index (κ2) is 9.30. The molecule has 2 atom stereocenters. The van der Waals surface area contributed by atoms with Crippen LogP contribution in [0.4, 0.5) is 16.2 Å². The van der Waals surface area contributed by atoms with Crippen molar-refractivity contribution in [3.05, 3.63) is 72.1 Å². The Morgan fingerprint density at radius 3 is 2.56 bits per heavy atom. The Labute approximate surface area is 199 Å². The second-order valence-corrected chi connectivity index (χ2v) is 9.12. The fraction of sp³-hybridized carbons (Fsp3) is 0.346. The summed E-state index contributed by atoms with van der Waals surface area (Å²) in [6.07, 6.45) is 5.15. The van der Waals surface area contributed by atoms with Gasteiger partial charge in [-0.05, 0) is 68.0 Å². The Morgan fingerprint density at radius 1 is 1.15 bits per heavy atom. The number of benzene rings is 2. The molecule has 8 heteroatoms. The van der Waals surface area contributed by atoms with Crippen LogP contribution in [0.2, 0.25) is 0 Å². The fourth-order valence-corrected chi connectivity index (χ4v) is 4.38. The molecule has 2 unspecified atom stereocenters. The largest absolute Gasteiger partial charge is 0.447 e. The highest BCUT2D eigenvalue weighted by molar-refractivity contribution is 5.84. The molecule has 2 aliphatic rings. The minimum Gasteiger partial charge on any atom is -0.447 e. The van der Waals surface area contributed by atoms with Gasteiger partial charge in [0.1, 0.15) is 5.75 Å². The van der Waals surface area contributed by atoms with Crippen molar-refractivity contribution in [3.8, 4) is 11.8 Å². The van der Waals surface area contributed by atoms with E-state index >= 15 is 0 Å². The van der Waals surface area contributed by atoms with E-state index in [1.54, 1.807) is 18.5 Å². The molecule has 34 heavy (non-hydrogen) atoms. The molecular formula is C26H29N5O3. The van der Waals surface area contributed by atoms with E-state index in [0.29, 0.717) is 23.4 Å². The van der Waals surface area contributed by atoms with Crippen LogP contribution in [0.5, 0.6) is 11.8 Å². The molecule has 0 saturated heterocycles. The molecule has 8 nitrogen and oxygen atoms in total. The van der Waals surface area contributed by atoms with Crippen molar-refractivity contribution < 1.29 is 14.3 Å². The third kappa shape index (κ3) is 4.82. The van der Waals surface area contributed by atoms with Crippen molar-refractivity contribution in [2.24, 2.45) is 11.7 Å². The van der Waals surface area contributed by atoms with E-state index in [9.17, 15) is 4.79 Å². The minimum absolute atomic E-state index is 0.00418. The van der Waals surface area contributed by atoms with Crippen molar-refractivity contribution in [3.63, 3.8) is 0 Å². The number of nitrogens with one attached hydrogen (secondary N) is 1. The molecule has 1 aliphatic carbocycles. The Hall–Kier alpha value is -3.65. The van der Waals surface area contributed by atoms with E-state index in [1.807, 2.05) is 56.3 Å². The molecule has 0 radical (unpaired) electrons. The molecule has 1 aliphatic heterocycles. The number of nitrogens with two attached hydrogens (primary N) is 1. The Bertz CT molecular complexity index is 1150. The van der Waals surface area contributed by atoms with E-state index < -0.39 is 6.09 Å². The smallest absolute Gasteiger partial charge is 0.411 e. The van der Waals surface area contributed by atoms with Gasteiger partial charge in [0, 0.05) is 36.4 Å². The average Bonchev–Trinajstić information content (AvgIpc) is 3.59. The van der Waals surface area contributed by atoms with Crippen molar-refractivity contribution >= 4 is 17.5 Å². The van der Waals surface area contributed by atoms with Crippen LogP contribution in [0.3, 0.4) is 0 Å². The highest BCUT2D eigenvalue weighted by Crippen LogP contribution is 2.49. The van der Waals surface area contributed by atoms with Gasteiger partial charge in [-0.25, -0.2) is 14.8 Å². The lowest BCUT2D eigenvalue weighted by Gasteiger charge is -2.30. The van der Waals surface area contributed by atoms with Gasteiger partial charge in [-0.2, -0.15) is 0 Å². The minimum atomic E-state index is -0.460. The van der Waals surface area contributed by atoms with Gasteiger partial charge in [0.15, 0.2) is 0 Å². The first-order chi connectivity index (χ1) is 16.5. The molecule has 3 N–H and O–H groups in total. The van der Waals surface area contributed by atoms with Crippen LogP contribution < -0.4 is 20.7 Å². The van der Waals surface area contributed by atoms with Crippen molar-refractivity contribution in [1.82, 2.24) is 9.97 Å². The maximum atomic E-state index is 11.9. The van der Waals surface area contributed by atoms with Crippen LogP contribution in [0.25, 0.3) is 0 Å². The summed E-state index contributed by atoms with van der Waals surface area (Å²) in [5.41, 5.74) is 10.7. The lowest BCUT2D eigenvalue weighted by molar-refractivity contribution is 0.130. The van der Waals surface area contributed by atoms with Gasteiger partial charge in [-0.1, -0.05) is 18.2 Å². The molecule has 2 heterocycles. The summed E-state index contributed by atoms with van der Waals surface area (Å²) >= 11 is 0. The number of rotatable bonds is 7. The van der Waals surface area contributed by atoms with Gasteiger partial charge in [0.25, 0.3) is 0 Å². The van der Waals surface area contributed by atoms with Gasteiger partial charge in [0.05, 0.1) is 18.2 Å². The number of anilines is 2. The summed E-state index contributed by atoms with van der Waals surface area (Å²) in [6, 6.07) is 15.7. The zero-order valence-corrected chi connectivity index (χ0v) is 19.3. The normalized spacial score (nSPS) is 19.1. The Balaban J connectivity index is 1.39. The number of hydrogen-bond acceptors (Lipinski definition) is 7. The molecule has 3 aromatic rings. The summed E-state index contributed by atoms with van der Waals surface area (Å²) in [4.78, 5) is 22.6. The van der Waals surface area contributed by atoms with Crippen molar-refractivity contribution in [1.29, 1.82) is 0 Å². The number of carbonyl (C=O) groups excluding carboxylic acids is 1. The van der Waals surface area contributed by atoms with Gasteiger partial charge >= 0.3 is 12.1 Å². The maximum Gasteiger partial charge on any atom is 0.411 e. The zero-order chi connectivity index (χ0) is 23.7. The number of ether oxygens (including phenoxy) is 2. The van der Waals surface area contributed by atoms with E-state index in [4.69, 9.17) is 15.2 Å². The van der Waals surface area contributed by atoms with Crippen LogP contribution in [0.15, 0.2) is 60.9 Å². The van der Waals surface area contributed by atoms with Crippen LogP contribution in [-0.4, -0.2) is 28.7 Å². The molecule has 1 saturated carbocycles. The first-order valence-electron chi connectivity index (χ1n) is 11.7. The molecular weight excluding hydrogens is 430 g/mol. The summed E-state index contributed by atoms with van der Waals surface area (Å²) in [5, 5.41) is 2.77. The number of hydrogen-bond donors (Lipinski definition) is 2. The molecule has 2 aromatic carbocycles. The first-order valence-corrected chi connectivity index (χ1v) is 11.7. The van der Waals surface area contributed by atoms with Crippen LogP contribution in [0, 0.1) is 5.92 Å². The predicted molar refractivity (Wildman–Crippen MR) is 130 cm³/mol. The highest BCUT2D eigenvalue weighted by Gasteiger charge is 2.40. The fourth-order valence-electron chi connectivity index (χ4n) is 4.38. The molecule has 0 bridgehead atoms. The number of carbonyl (C=O) groups is 1. The Kier molecular flexibility index (Phi) is 6.06. The van der Waals surface area contributed by atoms with Crippen molar-refractivity contribution in [2.45, 2.75) is 44.9 Å². The molecule has 1 aromatic heterocycles. The maximum absolute atomic E-state index is 11.9. The van der Waals surface area contributed by atoms with Gasteiger partial charge in [-0.15, -0.1) is 0 Å². The van der Waals surface area contributed by atoms with Crippen LogP contribution >= 0.6 is 0 Å². The van der Waals surface area contributed by atoms with Crippen molar-refractivity contribution in [2.75, 3.05) is 16.8 Å². The summed E-state index contributed by atoms with van der Waals surface area (Å²) < 4.78 is 11.1. The number of aromatic nitrogens is 2. The quantitative estimate of drug-likeness (QED) is 0.501. The van der Waals surface area contributed by atoms with E-state index in [-0.39, 0.29) is 18.2 Å². The third-order valence-electron chi connectivity index (χ3n) is 6.09. The summed E-state index contributed by atoms with van der Waals surface area (Å²) in [7, 11) is 0. The van der Waals surface area contributed by atoms with E-state index in [0.717, 1.165) is 23.4 Å². The first kappa shape index (κ1) is 22.2. The second-order valence-electron chi connectivity index (χ2n) is 9.12. The number of fused-ring (bicyclic) bond motifs is 1. The summed E-state index contributed by atoms with van der Waals surface area (Å²) in [5.74, 6) is 1.36. The SMILES string of the molecule is CC(C)OC(=O)Nc1ccc(C2C(N)c3ccc(Oc4ncccn4)cc3N2CC2CC2)cc1. The predicted octanol–water partition coefficient (Wildman–Crippen LogP) is 5.20. The third-order valence-corrected chi connectivity index (χ3v) is 6.09. The zero-order valence-electron chi connectivity index (χ0n) is 19.3. The molecule has 0 spiro atoms. The van der Waals surface area contributed by atoms with E-state index in [2.05, 4.69) is 20.2 Å². The number of amides is 1. The van der Waals surface area contributed by atoms with Crippen LogP contribution in [-0.2, 0) is 4.74 Å². The molecule has 176 valence electrons. The van der Waals surface area contributed by atoms with Crippen LogP contribution in [0.1, 0.15) is 49.9 Å². The molecule has 1 fully saturated rings.